The molecule has 0 radical (unpaired) electrons. The van der Waals surface area contributed by atoms with Gasteiger partial charge in [-0.3, -0.25) is 4.79 Å². The Labute approximate surface area is 150 Å². The summed E-state index contributed by atoms with van der Waals surface area (Å²) < 4.78 is 6.56. The summed E-state index contributed by atoms with van der Waals surface area (Å²) in [6.07, 6.45) is 1.08. The van der Waals surface area contributed by atoms with Crippen molar-refractivity contribution in [2.75, 3.05) is 13.7 Å². The number of fused-ring (bicyclic) bond motifs is 1. The molecular formula is C19H18ClNO2S. The summed E-state index contributed by atoms with van der Waals surface area (Å²) in [6, 6.07) is 13.6. The number of hydrogen-bond acceptors (Lipinski definition) is 3. The van der Waals surface area contributed by atoms with Gasteiger partial charge in [0.1, 0.15) is 5.75 Å². The normalized spacial score (nSPS) is 10.8. The number of nitrogens with one attached hydrogen (secondary N) is 1. The van der Waals surface area contributed by atoms with Gasteiger partial charge in [-0.05, 0) is 47.0 Å². The molecule has 0 aliphatic carbocycles. The van der Waals surface area contributed by atoms with Crippen molar-refractivity contribution in [2.24, 2.45) is 0 Å². The SMILES string of the molecule is COc1ccc(Cl)cc1CC(=O)NCCc1csc2ccccc12. The average Bonchev–Trinajstić information content (AvgIpc) is 2.98. The average molecular weight is 360 g/mol. The molecule has 0 atom stereocenters. The Morgan fingerprint density at radius 2 is 2.04 bits per heavy atom. The third-order valence-corrected chi connectivity index (χ3v) is 5.12. The predicted octanol–water partition coefficient (Wildman–Crippen LogP) is 4.46. The number of thiophene rings is 1. The molecule has 124 valence electrons. The van der Waals surface area contributed by atoms with Crippen molar-refractivity contribution in [3.05, 3.63) is 64.0 Å². The number of amides is 1. The van der Waals surface area contributed by atoms with Crippen LogP contribution in [0.2, 0.25) is 5.02 Å². The molecule has 0 fully saturated rings. The van der Waals surface area contributed by atoms with Crippen LogP contribution in [0.3, 0.4) is 0 Å². The monoisotopic (exact) mass is 359 g/mol. The van der Waals surface area contributed by atoms with Gasteiger partial charge in [0.15, 0.2) is 0 Å². The van der Waals surface area contributed by atoms with Crippen molar-refractivity contribution < 1.29 is 9.53 Å². The lowest BCUT2D eigenvalue weighted by Crippen LogP contribution is -2.27. The zero-order chi connectivity index (χ0) is 16.9. The Morgan fingerprint density at radius 3 is 2.88 bits per heavy atom. The fourth-order valence-corrected chi connectivity index (χ4v) is 3.88. The first-order valence-electron chi connectivity index (χ1n) is 7.71. The van der Waals surface area contributed by atoms with Crippen molar-refractivity contribution in [1.82, 2.24) is 5.32 Å². The maximum atomic E-state index is 12.2. The lowest BCUT2D eigenvalue weighted by Gasteiger charge is -2.09. The number of benzene rings is 2. The van der Waals surface area contributed by atoms with Crippen molar-refractivity contribution >= 4 is 38.9 Å². The van der Waals surface area contributed by atoms with Crippen molar-refractivity contribution in [3.8, 4) is 5.75 Å². The van der Waals surface area contributed by atoms with E-state index in [1.807, 2.05) is 12.1 Å². The minimum Gasteiger partial charge on any atom is -0.496 e. The second-order valence-corrected chi connectivity index (χ2v) is 6.84. The van der Waals surface area contributed by atoms with E-state index >= 15 is 0 Å². The Kier molecular flexibility index (Phi) is 5.38. The summed E-state index contributed by atoms with van der Waals surface area (Å²) in [5.41, 5.74) is 2.07. The van der Waals surface area contributed by atoms with E-state index in [9.17, 15) is 4.79 Å². The largest absolute Gasteiger partial charge is 0.496 e. The van der Waals surface area contributed by atoms with Crippen LogP contribution in [-0.4, -0.2) is 19.6 Å². The third-order valence-electron chi connectivity index (χ3n) is 3.87. The van der Waals surface area contributed by atoms with Gasteiger partial charge in [0.25, 0.3) is 0 Å². The highest BCUT2D eigenvalue weighted by atomic mass is 35.5. The highest BCUT2D eigenvalue weighted by Crippen LogP contribution is 2.26. The van der Waals surface area contributed by atoms with Gasteiger partial charge in [-0.2, -0.15) is 0 Å². The molecule has 0 unspecified atom stereocenters. The fourth-order valence-electron chi connectivity index (χ4n) is 2.68. The number of rotatable bonds is 6. The highest BCUT2D eigenvalue weighted by molar-refractivity contribution is 7.17. The van der Waals surface area contributed by atoms with Gasteiger partial charge in [-0.15, -0.1) is 11.3 Å². The smallest absolute Gasteiger partial charge is 0.224 e. The Morgan fingerprint density at radius 1 is 1.21 bits per heavy atom. The van der Waals surface area contributed by atoms with E-state index in [-0.39, 0.29) is 12.3 Å². The molecule has 1 N–H and O–H groups in total. The summed E-state index contributed by atoms with van der Waals surface area (Å²) in [4.78, 5) is 12.2. The first-order valence-corrected chi connectivity index (χ1v) is 8.97. The van der Waals surface area contributed by atoms with Crippen LogP contribution in [0.5, 0.6) is 5.75 Å². The van der Waals surface area contributed by atoms with Crippen LogP contribution in [0.4, 0.5) is 0 Å². The molecule has 0 saturated carbocycles. The summed E-state index contributed by atoms with van der Waals surface area (Å²) in [7, 11) is 1.59. The molecule has 0 aliphatic heterocycles. The topological polar surface area (TPSA) is 38.3 Å². The van der Waals surface area contributed by atoms with Gasteiger partial charge < -0.3 is 10.1 Å². The van der Waals surface area contributed by atoms with Gasteiger partial charge >= 0.3 is 0 Å². The summed E-state index contributed by atoms with van der Waals surface area (Å²) in [6.45, 7) is 0.614. The van der Waals surface area contributed by atoms with Crippen LogP contribution in [0.25, 0.3) is 10.1 Å². The molecule has 1 heterocycles. The van der Waals surface area contributed by atoms with Gasteiger partial charge in [-0.1, -0.05) is 29.8 Å². The van der Waals surface area contributed by atoms with Crippen LogP contribution in [-0.2, 0) is 17.6 Å². The van der Waals surface area contributed by atoms with E-state index in [1.165, 1.54) is 15.6 Å². The van der Waals surface area contributed by atoms with Crippen LogP contribution in [0, 0.1) is 0 Å². The van der Waals surface area contributed by atoms with Gasteiger partial charge in [0.05, 0.1) is 13.5 Å². The van der Waals surface area contributed by atoms with Crippen molar-refractivity contribution in [1.29, 1.82) is 0 Å². The second kappa shape index (κ2) is 7.69. The number of carbonyl (C=O) groups is 1. The van der Waals surface area contributed by atoms with Crippen LogP contribution < -0.4 is 10.1 Å². The molecule has 24 heavy (non-hydrogen) atoms. The molecule has 5 heteroatoms. The Bertz CT molecular complexity index is 859. The quantitative estimate of drug-likeness (QED) is 0.705. The number of halogens is 1. The molecule has 0 spiro atoms. The predicted molar refractivity (Wildman–Crippen MR) is 100 cm³/mol. The van der Waals surface area contributed by atoms with Crippen LogP contribution in [0.1, 0.15) is 11.1 Å². The van der Waals surface area contributed by atoms with E-state index in [2.05, 4.69) is 22.8 Å². The van der Waals surface area contributed by atoms with Crippen molar-refractivity contribution in [2.45, 2.75) is 12.8 Å². The molecule has 3 aromatic rings. The number of hydrogen-bond donors (Lipinski definition) is 1. The van der Waals surface area contributed by atoms with Crippen LogP contribution >= 0.6 is 22.9 Å². The maximum Gasteiger partial charge on any atom is 0.224 e. The molecule has 0 aliphatic rings. The van der Waals surface area contributed by atoms with Gasteiger partial charge in [-0.25, -0.2) is 0 Å². The first-order chi connectivity index (χ1) is 11.7. The van der Waals surface area contributed by atoms with E-state index in [1.54, 1.807) is 36.6 Å². The molecule has 2 aromatic carbocycles. The van der Waals surface area contributed by atoms with E-state index in [0.29, 0.717) is 17.3 Å². The Hall–Kier alpha value is -2.04. The minimum absolute atomic E-state index is 0.0323. The fraction of sp³-hybridized carbons (Fsp3) is 0.211. The molecule has 3 rings (SSSR count). The van der Waals surface area contributed by atoms with E-state index < -0.39 is 0 Å². The number of methoxy groups -OCH3 is 1. The van der Waals surface area contributed by atoms with Crippen LogP contribution in [0.15, 0.2) is 47.8 Å². The zero-order valence-electron chi connectivity index (χ0n) is 13.3. The van der Waals surface area contributed by atoms with Gasteiger partial charge in [0, 0.05) is 21.8 Å². The molecule has 1 amide bonds. The minimum atomic E-state index is -0.0323. The lowest BCUT2D eigenvalue weighted by atomic mass is 10.1. The van der Waals surface area contributed by atoms with Gasteiger partial charge in [0.2, 0.25) is 5.91 Å². The molecule has 3 nitrogen and oxygen atoms in total. The van der Waals surface area contributed by atoms with E-state index in [4.69, 9.17) is 16.3 Å². The second-order valence-electron chi connectivity index (χ2n) is 5.49. The summed E-state index contributed by atoms with van der Waals surface area (Å²) >= 11 is 7.74. The van der Waals surface area contributed by atoms with E-state index in [0.717, 1.165) is 12.0 Å². The first kappa shape index (κ1) is 16.8. The third kappa shape index (κ3) is 3.89. The number of carbonyl (C=O) groups excluding carboxylic acids is 1. The van der Waals surface area contributed by atoms with Crippen molar-refractivity contribution in [3.63, 3.8) is 0 Å². The highest BCUT2D eigenvalue weighted by Gasteiger charge is 2.10. The summed E-state index contributed by atoms with van der Waals surface area (Å²) in [5.74, 6) is 0.647. The zero-order valence-corrected chi connectivity index (χ0v) is 14.9. The molecule has 1 aromatic heterocycles. The Balaban J connectivity index is 1.57. The molecular weight excluding hydrogens is 342 g/mol. The molecule has 0 saturated heterocycles. The lowest BCUT2D eigenvalue weighted by molar-refractivity contribution is -0.120. The standard InChI is InChI=1S/C19H18ClNO2S/c1-23-17-7-6-15(20)10-14(17)11-19(22)21-9-8-13-12-24-18-5-3-2-4-16(13)18/h2-7,10,12H,8-9,11H2,1H3,(H,21,22). The summed E-state index contributed by atoms with van der Waals surface area (Å²) in [5, 5.41) is 7.01. The molecule has 0 bridgehead atoms. The maximum absolute atomic E-state index is 12.2. The number of ether oxygens (including phenoxy) is 1.